The first-order valence-electron chi connectivity index (χ1n) is 10.5. The summed E-state index contributed by atoms with van der Waals surface area (Å²) in [7, 11) is 3.17. The lowest BCUT2D eigenvalue weighted by Gasteiger charge is -2.24. The molecule has 0 unspecified atom stereocenters. The fraction of sp³-hybridized carbons (Fsp3) is 0.200. The van der Waals surface area contributed by atoms with Crippen molar-refractivity contribution in [3.8, 4) is 11.5 Å². The molecule has 0 saturated carbocycles. The van der Waals surface area contributed by atoms with Crippen molar-refractivity contribution in [1.29, 1.82) is 0 Å². The quantitative estimate of drug-likeness (QED) is 0.597. The van der Waals surface area contributed by atoms with Crippen molar-refractivity contribution in [1.82, 2.24) is 9.99 Å². The number of hydrogen-bond donors (Lipinski definition) is 1. The molecule has 4 rings (SSSR count). The fourth-order valence-electron chi connectivity index (χ4n) is 3.51. The molecule has 33 heavy (non-hydrogen) atoms. The highest BCUT2D eigenvalue weighted by Crippen LogP contribution is 2.29. The van der Waals surface area contributed by atoms with Crippen LogP contribution < -0.4 is 14.8 Å². The van der Waals surface area contributed by atoms with Crippen LogP contribution in [0.1, 0.15) is 34.5 Å². The Balaban J connectivity index is 1.46. The van der Waals surface area contributed by atoms with E-state index in [-0.39, 0.29) is 11.8 Å². The Bertz CT molecular complexity index is 1180. The maximum absolute atomic E-state index is 12.5. The second-order valence-electron chi connectivity index (χ2n) is 7.43. The molecule has 0 radical (unpaired) electrons. The zero-order chi connectivity index (χ0) is 23.2. The molecule has 0 aliphatic carbocycles. The number of pyridine rings is 1. The molecule has 3 aromatic rings. The molecule has 0 spiro atoms. The first-order valence-corrected chi connectivity index (χ1v) is 10.5. The van der Waals surface area contributed by atoms with Crippen LogP contribution in [0.5, 0.6) is 11.5 Å². The SMILES string of the molecule is COc1ccc(C2=NN(Cc3ccc(NC(=O)c4ccccn4)cc3)C(=O)CC2)cc1OC. The summed E-state index contributed by atoms with van der Waals surface area (Å²) in [4.78, 5) is 28.8. The van der Waals surface area contributed by atoms with Crippen molar-refractivity contribution in [3.63, 3.8) is 0 Å². The van der Waals surface area contributed by atoms with Crippen LogP contribution >= 0.6 is 0 Å². The molecule has 2 aromatic carbocycles. The first kappa shape index (κ1) is 22.0. The summed E-state index contributed by atoms with van der Waals surface area (Å²) < 4.78 is 10.7. The monoisotopic (exact) mass is 444 g/mol. The van der Waals surface area contributed by atoms with E-state index in [0.717, 1.165) is 16.8 Å². The van der Waals surface area contributed by atoms with E-state index in [0.29, 0.717) is 42.3 Å². The molecule has 0 bridgehead atoms. The van der Waals surface area contributed by atoms with E-state index in [4.69, 9.17) is 9.47 Å². The lowest BCUT2D eigenvalue weighted by Crippen LogP contribution is -2.31. The number of nitrogens with one attached hydrogen (secondary N) is 1. The molecule has 0 fully saturated rings. The molecule has 8 heteroatoms. The zero-order valence-corrected chi connectivity index (χ0v) is 18.4. The van der Waals surface area contributed by atoms with Gasteiger partial charge in [0.25, 0.3) is 5.91 Å². The number of ether oxygens (including phenoxy) is 2. The molecule has 1 N–H and O–H groups in total. The number of aromatic nitrogens is 1. The molecule has 2 heterocycles. The normalized spacial score (nSPS) is 13.3. The number of anilines is 1. The van der Waals surface area contributed by atoms with E-state index in [1.165, 1.54) is 5.01 Å². The van der Waals surface area contributed by atoms with Crippen LogP contribution in [0.3, 0.4) is 0 Å². The Labute approximate surface area is 191 Å². The van der Waals surface area contributed by atoms with Gasteiger partial charge in [-0.15, -0.1) is 0 Å². The van der Waals surface area contributed by atoms with Crippen molar-refractivity contribution in [2.75, 3.05) is 19.5 Å². The van der Waals surface area contributed by atoms with E-state index >= 15 is 0 Å². The van der Waals surface area contributed by atoms with E-state index < -0.39 is 0 Å². The summed E-state index contributed by atoms with van der Waals surface area (Å²) in [6, 6.07) is 18.1. The number of carbonyl (C=O) groups excluding carboxylic acids is 2. The number of carbonyl (C=O) groups is 2. The van der Waals surface area contributed by atoms with Crippen molar-refractivity contribution < 1.29 is 19.1 Å². The van der Waals surface area contributed by atoms with Gasteiger partial charge >= 0.3 is 0 Å². The second kappa shape index (κ2) is 9.95. The number of nitrogens with zero attached hydrogens (tertiary/aromatic N) is 3. The predicted octanol–water partition coefficient (Wildman–Crippen LogP) is 3.88. The average molecular weight is 444 g/mol. The van der Waals surface area contributed by atoms with Gasteiger partial charge in [-0.1, -0.05) is 18.2 Å². The molecule has 8 nitrogen and oxygen atoms in total. The van der Waals surface area contributed by atoms with Crippen molar-refractivity contribution in [3.05, 3.63) is 83.7 Å². The Morgan fingerprint density at radius 3 is 2.48 bits per heavy atom. The van der Waals surface area contributed by atoms with Gasteiger partial charge in [0.15, 0.2) is 11.5 Å². The average Bonchev–Trinajstić information content (AvgIpc) is 2.86. The number of methoxy groups -OCH3 is 2. The minimum atomic E-state index is -0.279. The Morgan fingerprint density at radius 2 is 1.79 bits per heavy atom. The summed E-state index contributed by atoms with van der Waals surface area (Å²) in [6.07, 6.45) is 2.51. The van der Waals surface area contributed by atoms with E-state index in [1.54, 1.807) is 50.7 Å². The highest BCUT2D eigenvalue weighted by Gasteiger charge is 2.22. The molecule has 2 amide bonds. The summed E-state index contributed by atoms with van der Waals surface area (Å²) >= 11 is 0. The van der Waals surface area contributed by atoms with Gasteiger partial charge in [-0.05, 0) is 48.0 Å². The van der Waals surface area contributed by atoms with Crippen LogP contribution in [0.25, 0.3) is 0 Å². The van der Waals surface area contributed by atoms with Gasteiger partial charge in [0, 0.05) is 30.3 Å². The van der Waals surface area contributed by atoms with Crippen LogP contribution in [0.15, 0.2) is 72.0 Å². The number of rotatable bonds is 7. The summed E-state index contributed by atoms with van der Waals surface area (Å²) in [5.41, 5.74) is 3.59. The molecule has 0 saturated heterocycles. The first-order chi connectivity index (χ1) is 16.1. The minimum absolute atomic E-state index is 0.0354. The van der Waals surface area contributed by atoms with Gasteiger partial charge in [0.2, 0.25) is 5.91 Å². The smallest absolute Gasteiger partial charge is 0.274 e. The lowest BCUT2D eigenvalue weighted by atomic mass is 10.0. The molecular weight excluding hydrogens is 420 g/mol. The standard InChI is InChI=1S/C25H24N4O4/c1-32-22-12-8-18(15-23(22)33-2)20-11-13-24(30)29(28-20)16-17-6-9-19(10-7-17)27-25(31)21-5-3-4-14-26-21/h3-10,12,14-15H,11,13,16H2,1-2H3,(H,27,31). The maximum Gasteiger partial charge on any atom is 0.274 e. The van der Waals surface area contributed by atoms with Crippen LogP contribution in [0.2, 0.25) is 0 Å². The minimum Gasteiger partial charge on any atom is -0.493 e. The van der Waals surface area contributed by atoms with Gasteiger partial charge < -0.3 is 14.8 Å². The number of hydrazone groups is 1. The van der Waals surface area contributed by atoms with E-state index in [9.17, 15) is 9.59 Å². The number of benzene rings is 2. The molecular formula is C25H24N4O4. The molecule has 1 aromatic heterocycles. The van der Waals surface area contributed by atoms with Crippen LogP contribution in [-0.2, 0) is 11.3 Å². The lowest BCUT2D eigenvalue weighted by molar-refractivity contribution is -0.132. The molecule has 168 valence electrons. The Kier molecular flexibility index (Phi) is 6.64. The fourth-order valence-corrected chi connectivity index (χ4v) is 3.51. The third-order valence-electron chi connectivity index (χ3n) is 5.26. The molecule has 0 atom stereocenters. The number of hydrogen-bond acceptors (Lipinski definition) is 6. The zero-order valence-electron chi connectivity index (χ0n) is 18.4. The van der Waals surface area contributed by atoms with Crippen LogP contribution in [0, 0.1) is 0 Å². The Hall–Kier alpha value is -4.20. The highest BCUT2D eigenvalue weighted by molar-refractivity contribution is 6.04. The second-order valence-corrected chi connectivity index (χ2v) is 7.43. The largest absolute Gasteiger partial charge is 0.493 e. The van der Waals surface area contributed by atoms with Gasteiger partial charge in [-0.3, -0.25) is 14.6 Å². The van der Waals surface area contributed by atoms with Crippen molar-refractivity contribution >= 4 is 23.2 Å². The third-order valence-corrected chi connectivity index (χ3v) is 5.26. The van der Waals surface area contributed by atoms with Gasteiger partial charge in [-0.25, -0.2) is 5.01 Å². The van der Waals surface area contributed by atoms with E-state index in [1.807, 2.05) is 30.3 Å². The summed E-state index contributed by atoms with van der Waals surface area (Å²) in [5.74, 6) is 0.941. The van der Waals surface area contributed by atoms with E-state index in [2.05, 4.69) is 15.4 Å². The predicted molar refractivity (Wildman–Crippen MR) is 124 cm³/mol. The third kappa shape index (κ3) is 5.17. The van der Waals surface area contributed by atoms with Crippen LogP contribution in [-0.4, -0.2) is 41.7 Å². The molecule has 1 aliphatic rings. The summed E-state index contributed by atoms with van der Waals surface area (Å²) in [6.45, 7) is 0.337. The van der Waals surface area contributed by atoms with Gasteiger partial charge in [0.05, 0.1) is 26.5 Å². The van der Waals surface area contributed by atoms with Crippen LogP contribution in [0.4, 0.5) is 5.69 Å². The molecule has 1 aliphatic heterocycles. The highest BCUT2D eigenvalue weighted by atomic mass is 16.5. The topological polar surface area (TPSA) is 93.1 Å². The van der Waals surface area contributed by atoms with Gasteiger partial charge in [0.1, 0.15) is 5.69 Å². The van der Waals surface area contributed by atoms with Crippen molar-refractivity contribution in [2.24, 2.45) is 5.10 Å². The van der Waals surface area contributed by atoms with Crippen molar-refractivity contribution in [2.45, 2.75) is 19.4 Å². The summed E-state index contributed by atoms with van der Waals surface area (Å²) in [5, 5.41) is 8.89. The Morgan fingerprint density at radius 1 is 1.00 bits per heavy atom. The van der Waals surface area contributed by atoms with Gasteiger partial charge in [-0.2, -0.15) is 5.10 Å². The number of amides is 2. The maximum atomic E-state index is 12.5.